The summed E-state index contributed by atoms with van der Waals surface area (Å²) in [6.07, 6.45) is 0. The van der Waals surface area contributed by atoms with Gasteiger partial charge >= 0.3 is 5.97 Å². The van der Waals surface area contributed by atoms with E-state index < -0.39 is 10.0 Å². The molecule has 0 saturated heterocycles. The van der Waals surface area contributed by atoms with Crippen LogP contribution in [0.1, 0.15) is 13.8 Å². The fourth-order valence-electron chi connectivity index (χ4n) is 1.95. The third-order valence-electron chi connectivity index (χ3n) is 3.16. The average Bonchev–Trinajstić information content (AvgIpc) is 2.58. The summed E-state index contributed by atoms with van der Waals surface area (Å²) in [5.74, 6) is -0.881. The predicted molar refractivity (Wildman–Crippen MR) is 105 cm³/mol. The molecular weight excluding hydrogens is 399 g/mol. The maximum Gasteiger partial charge on any atom is 0.341 e. The summed E-state index contributed by atoms with van der Waals surface area (Å²) >= 11 is 14.1. The van der Waals surface area contributed by atoms with Crippen molar-refractivity contribution >= 4 is 58.5 Å². The number of benzene rings is 2. The lowest BCUT2D eigenvalue weighted by Gasteiger charge is -2.27. The Kier molecular flexibility index (Phi) is 7.25. The Balaban J connectivity index is 2.43. The van der Waals surface area contributed by atoms with Gasteiger partial charge in [-0.3, -0.25) is 4.79 Å². The van der Waals surface area contributed by atoms with Crippen molar-refractivity contribution in [3.63, 3.8) is 0 Å². The minimum atomic E-state index is -1.45. The molecule has 0 spiro atoms. The van der Waals surface area contributed by atoms with Crippen LogP contribution in [0.5, 0.6) is 0 Å². The van der Waals surface area contributed by atoms with Gasteiger partial charge in [-0.25, -0.2) is 4.79 Å². The summed E-state index contributed by atoms with van der Waals surface area (Å²) in [4.78, 5) is 26.7. The molecule has 0 atom stereocenters. The Morgan fingerprint density at radius 3 is 1.64 bits per heavy atom. The van der Waals surface area contributed by atoms with Crippen LogP contribution in [-0.2, 0) is 14.3 Å². The van der Waals surface area contributed by atoms with E-state index in [4.69, 9.17) is 27.9 Å². The van der Waals surface area contributed by atoms with E-state index in [1.54, 1.807) is 55.5 Å². The van der Waals surface area contributed by atoms with Crippen molar-refractivity contribution in [1.29, 1.82) is 0 Å². The Labute approximate surface area is 165 Å². The maximum atomic E-state index is 12.7. The van der Waals surface area contributed by atoms with Crippen LogP contribution in [0.2, 0.25) is 10.0 Å². The van der Waals surface area contributed by atoms with Crippen molar-refractivity contribution in [2.45, 2.75) is 27.7 Å². The fourth-order valence-corrected chi connectivity index (χ4v) is 4.73. The summed E-state index contributed by atoms with van der Waals surface area (Å²) in [6, 6.07) is 13.9. The minimum Gasteiger partial charge on any atom is -0.464 e. The summed E-state index contributed by atoms with van der Waals surface area (Å²) in [5, 5.41) is 1.17. The number of ketones is 1. The zero-order valence-electron chi connectivity index (χ0n) is 13.6. The van der Waals surface area contributed by atoms with Gasteiger partial charge in [0.2, 0.25) is 4.08 Å². The summed E-state index contributed by atoms with van der Waals surface area (Å²) in [5.41, 5.74) is 0. The Morgan fingerprint density at radius 1 is 0.920 bits per heavy atom. The molecule has 0 fully saturated rings. The molecule has 0 saturated carbocycles. The molecule has 0 amide bonds. The number of thioether (sulfide) groups is 2. The number of halogens is 2. The van der Waals surface area contributed by atoms with Gasteiger partial charge in [-0.15, -0.1) is 0 Å². The standard InChI is InChI=1S/C18H16Cl2O3S2/c1-3-23-17(22)18(12(2)21,24-15-8-4-13(19)5-9-15)25-16-10-6-14(20)7-11-16/h4-11H,3H2,1-2H3. The van der Waals surface area contributed by atoms with Crippen LogP contribution < -0.4 is 0 Å². The molecule has 0 aromatic heterocycles. The Hall–Kier alpha value is -1.14. The molecule has 0 heterocycles. The first-order chi connectivity index (χ1) is 11.9. The van der Waals surface area contributed by atoms with Gasteiger partial charge in [0.25, 0.3) is 0 Å². The third kappa shape index (κ3) is 5.17. The number of hydrogen-bond donors (Lipinski definition) is 0. The Bertz CT molecular complexity index is 698. The molecule has 2 rings (SSSR count). The summed E-state index contributed by atoms with van der Waals surface area (Å²) in [6.45, 7) is 3.29. The molecule has 2 aromatic carbocycles. The largest absolute Gasteiger partial charge is 0.464 e. The van der Waals surface area contributed by atoms with Gasteiger partial charge in [-0.1, -0.05) is 46.7 Å². The maximum absolute atomic E-state index is 12.7. The molecule has 3 nitrogen and oxygen atoms in total. The zero-order valence-corrected chi connectivity index (χ0v) is 16.8. The number of carbonyl (C=O) groups is 2. The van der Waals surface area contributed by atoms with E-state index in [2.05, 4.69) is 0 Å². The Morgan fingerprint density at radius 2 is 1.32 bits per heavy atom. The van der Waals surface area contributed by atoms with Crippen LogP contribution in [-0.4, -0.2) is 22.4 Å². The molecule has 25 heavy (non-hydrogen) atoms. The van der Waals surface area contributed by atoms with Crippen molar-refractivity contribution in [3.8, 4) is 0 Å². The number of rotatable bonds is 7. The lowest BCUT2D eigenvalue weighted by atomic mass is 10.3. The molecule has 0 radical (unpaired) electrons. The second-order valence-corrected chi connectivity index (χ2v) is 8.71. The van der Waals surface area contributed by atoms with Gasteiger partial charge in [-0.05, 0) is 62.4 Å². The van der Waals surface area contributed by atoms with Crippen LogP contribution in [0.25, 0.3) is 0 Å². The molecule has 0 aliphatic carbocycles. The zero-order chi connectivity index (χ0) is 18.4. The van der Waals surface area contributed by atoms with E-state index in [0.29, 0.717) is 10.0 Å². The highest BCUT2D eigenvalue weighted by atomic mass is 35.5. The van der Waals surface area contributed by atoms with E-state index in [9.17, 15) is 9.59 Å². The minimum absolute atomic E-state index is 0.191. The molecule has 7 heteroatoms. The number of carbonyl (C=O) groups excluding carboxylic acids is 2. The van der Waals surface area contributed by atoms with Crippen molar-refractivity contribution in [1.82, 2.24) is 0 Å². The van der Waals surface area contributed by atoms with Crippen LogP contribution in [0.3, 0.4) is 0 Å². The van der Waals surface area contributed by atoms with E-state index >= 15 is 0 Å². The topological polar surface area (TPSA) is 43.4 Å². The molecular formula is C18H16Cl2O3S2. The monoisotopic (exact) mass is 414 g/mol. The normalized spacial score (nSPS) is 11.2. The summed E-state index contributed by atoms with van der Waals surface area (Å²) in [7, 11) is 0. The second-order valence-electron chi connectivity index (χ2n) is 5.01. The second kappa shape index (κ2) is 8.99. The average molecular weight is 415 g/mol. The fraction of sp³-hybridized carbons (Fsp3) is 0.222. The SMILES string of the molecule is CCOC(=O)C(Sc1ccc(Cl)cc1)(Sc1ccc(Cl)cc1)C(C)=O. The lowest BCUT2D eigenvalue weighted by molar-refractivity contribution is -0.145. The van der Waals surface area contributed by atoms with E-state index in [1.807, 2.05) is 0 Å². The highest BCUT2D eigenvalue weighted by Gasteiger charge is 2.47. The van der Waals surface area contributed by atoms with Crippen molar-refractivity contribution in [3.05, 3.63) is 58.6 Å². The van der Waals surface area contributed by atoms with Crippen molar-refractivity contribution in [2.75, 3.05) is 6.61 Å². The van der Waals surface area contributed by atoms with E-state index in [-0.39, 0.29) is 12.4 Å². The van der Waals surface area contributed by atoms with Crippen molar-refractivity contribution < 1.29 is 14.3 Å². The quantitative estimate of drug-likeness (QED) is 0.250. The first-order valence-electron chi connectivity index (χ1n) is 7.45. The smallest absolute Gasteiger partial charge is 0.341 e. The predicted octanol–water partition coefficient (Wildman–Crippen LogP) is 5.73. The molecule has 0 unspecified atom stereocenters. The van der Waals surface area contributed by atoms with Crippen LogP contribution in [0, 0.1) is 0 Å². The van der Waals surface area contributed by atoms with Gasteiger partial charge in [0.05, 0.1) is 6.61 Å². The van der Waals surface area contributed by atoms with Gasteiger partial charge < -0.3 is 4.74 Å². The first-order valence-corrected chi connectivity index (χ1v) is 9.83. The van der Waals surface area contributed by atoms with Gasteiger partial charge in [0, 0.05) is 19.8 Å². The van der Waals surface area contributed by atoms with Gasteiger partial charge in [0.1, 0.15) is 0 Å². The van der Waals surface area contributed by atoms with Crippen LogP contribution >= 0.6 is 46.7 Å². The summed E-state index contributed by atoms with van der Waals surface area (Å²) < 4.78 is 3.76. The molecule has 0 aliphatic heterocycles. The van der Waals surface area contributed by atoms with E-state index in [1.165, 1.54) is 6.92 Å². The van der Waals surface area contributed by atoms with E-state index in [0.717, 1.165) is 33.3 Å². The van der Waals surface area contributed by atoms with Crippen LogP contribution in [0.15, 0.2) is 58.3 Å². The molecule has 0 N–H and O–H groups in total. The van der Waals surface area contributed by atoms with Gasteiger partial charge in [0.15, 0.2) is 5.78 Å². The number of hydrogen-bond acceptors (Lipinski definition) is 5. The highest BCUT2D eigenvalue weighted by Crippen LogP contribution is 2.47. The number of Topliss-reactive ketones (excluding diaryl/α,β-unsaturated/α-hetero) is 1. The van der Waals surface area contributed by atoms with Crippen molar-refractivity contribution in [2.24, 2.45) is 0 Å². The number of ether oxygens (including phenoxy) is 1. The number of esters is 1. The first kappa shape index (κ1) is 20.2. The van der Waals surface area contributed by atoms with Gasteiger partial charge in [-0.2, -0.15) is 0 Å². The highest BCUT2D eigenvalue weighted by molar-refractivity contribution is 8.20. The molecule has 0 bridgehead atoms. The molecule has 132 valence electrons. The van der Waals surface area contributed by atoms with Crippen LogP contribution in [0.4, 0.5) is 0 Å². The molecule has 0 aliphatic rings. The third-order valence-corrected chi connectivity index (χ3v) is 6.66. The molecule has 2 aromatic rings. The lowest BCUT2D eigenvalue weighted by Crippen LogP contribution is -2.40.